The molecule has 0 aromatic heterocycles. The van der Waals surface area contributed by atoms with Crippen LogP contribution in [0.4, 0.5) is 0 Å². The minimum atomic E-state index is -0.422. The Balaban J connectivity index is 2.42. The van der Waals surface area contributed by atoms with E-state index in [1.54, 1.807) is 23.5 Å². The molecular formula is C12H16N2O2S2. The van der Waals surface area contributed by atoms with Crippen molar-refractivity contribution in [1.29, 1.82) is 0 Å². The smallest absolute Gasteiger partial charge is 0.137 e. The molecule has 1 aromatic rings. The number of rotatable bonds is 8. The van der Waals surface area contributed by atoms with Crippen LogP contribution >= 0.6 is 23.5 Å². The first-order valence-corrected chi connectivity index (χ1v) is 7.40. The van der Waals surface area contributed by atoms with E-state index in [0.29, 0.717) is 11.5 Å². The molecule has 0 aliphatic heterocycles. The van der Waals surface area contributed by atoms with Crippen molar-refractivity contribution in [2.45, 2.75) is 21.9 Å². The molecule has 0 fully saturated rings. The topological polar surface area (TPSA) is 86.2 Å². The normalized spacial score (nSPS) is 13.9. The lowest BCUT2D eigenvalue weighted by Crippen LogP contribution is -2.24. The average molecular weight is 284 g/mol. The predicted octanol–water partition coefficient (Wildman–Crippen LogP) is 0.923. The molecule has 0 bridgehead atoms. The molecular weight excluding hydrogens is 268 g/mol. The highest BCUT2D eigenvalue weighted by Crippen LogP contribution is 2.23. The molecule has 1 rings (SSSR count). The molecule has 2 unspecified atom stereocenters. The third-order valence-corrected chi connectivity index (χ3v) is 4.37. The van der Waals surface area contributed by atoms with Crippen LogP contribution in [-0.4, -0.2) is 36.2 Å². The van der Waals surface area contributed by atoms with Crippen LogP contribution in [0.1, 0.15) is 0 Å². The van der Waals surface area contributed by atoms with Gasteiger partial charge in [-0.05, 0) is 24.3 Å². The van der Waals surface area contributed by atoms with E-state index in [1.807, 2.05) is 24.3 Å². The van der Waals surface area contributed by atoms with E-state index in [2.05, 4.69) is 0 Å². The Morgan fingerprint density at radius 2 is 1.22 bits per heavy atom. The lowest BCUT2D eigenvalue weighted by molar-refractivity contribution is -0.109. The number of hydrogen-bond acceptors (Lipinski definition) is 6. The van der Waals surface area contributed by atoms with Gasteiger partial charge in [-0.1, -0.05) is 0 Å². The van der Waals surface area contributed by atoms with Crippen molar-refractivity contribution < 1.29 is 9.59 Å². The largest absolute Gasteiger partial charge is 0.321 e. The molecule has 0 aliphatic rings. The summed E-state index contributed by atoms with van der Waals surface area (Å²) >= 11 is 3.09. The molecule has 1 aromatic carbocycles. The summed E-state index contributed by atoms with van der Waals surface area (Å²) < 4.78 is 0. The van der Waals surface area contributed by atoms with Gasteiger partial charge in [-0.25, -0.2) is 0 Å². The fourth-order valence-corrected chi connectivity index (χ4v) is 2.68. The number of nitrogens with two attached hydrogens (primary N) is 2. The highest BCUT2D eigenvalue weighted by Gasteiger charge is 2.03. The van der Waals surface area contributed by atoms with Crippen molar-refractivity contribution in [2.24, 2.45) is 11.5 Å². The number of thioether (sulfide) groups is 2. The molecule has 0 heterocycles. The Hall–Kier alpha value is -0.820. The Morgan fingerprint density at radius 1 is 0.889 bits per heavy atom. The van der Waals surface area contributed by atoms with Gasteiger partial charge in [0, 0.05) is 21.3 Å². The van der Waals surface area contributed by atoms with E-state index in [-0.39, 0.29) is 0 Å². The summed E-state index contributed by atoms with van der Waals surface area (Å²) in [6.07, 6.45) is 1.50. The SMILES string of the molecule is NC(C=O)CSc1ccc(SCC(N)C=O)cc1. The molecule has 0 aliphatic carbocycles. The molecule has 0 amide bonds. The maximum Gasteiger partial charge on any atom is 0.137 e. The lowest BCUT2D eigenvalue weighted by atomic mass is 10.4. The summed E-state index contributed by atoms with van der Waals surface area (Å²) in [5.74, 6) is 1.15. The van der Waals surface area contributed by atoms with Crippen molar-refractivity contribution in [3.63, 3.8) is 0 Å². The summed E-state index contributed by atoms with van der Waals surface area (Å²) in [6.45, 7) is 0. The van der Waals surface area contributed by atoms with Gasteiger partial charge < -0.3 is 21.1 Å². The molecule has 2 atom stereocenters. The minimum Gasteiger partial charge on any atom is -0.321 e. The third kappa shape index (κ3) is 5.68. The molecule has 4 nitrogen and oxygen atoms in total. The van der Waals surface area contributed by atoms with Crippen molar-refractivity contribution in [2.75, 3.05) is 11.5 Å². The highest BCUT2D eigenvalue weighted by molar-refractivity contribution is 7.99. The molecule has 98 valence electrons. The molecule has 18 heavy (non-hydrogen) atoms. The van der Waals surface area contributed by atoms with E-state index in [4.69, 9.17) is 11.5 Å². The average Bonchev–Trinajstić information content (AvgIpc) is 2.43. The fraction of sp³-hybridized carbons (Fsp3) is 0.333. The zero-order valence-electron chi connectivity index (χ0n) is 9.82. The van der Waals surface area contributed by atoms with Gasteiger partial charge in [-0.2, -0.15) is 0 Å². The lowest BCUT2D eigenvalue weighted by Gasteiger charge is -2.06. The van der Waals surface area contributed by atoms with Crippen LogP contribution in [0.25, 0.3) is 0 Å². The van der Waals surface area contributed by atoms with E-state index in [0.717, 1.165) is 22.4 Å². The van der Waals surface area contributed by atoms with Gasteiger partial charge in [-0.15, -0.1) is 23.5 Å². The van der Waals surface area contributed by atoms with Crippen LogP contribution in [0.5, 0.6) is 0 Å². The van der Waals surface area contributed by atoms with Crippen LogP contribution in [0.2, 0.25) is 0 Å². The first-order valence-electron chi connectivity index (χ1n) is 5.43. The first-order chi connectivity index (χ1) is 8.65. The second kappa shape index (κ2) is 8.31. The van der Waals surface area contributed by atoms with Crippen LogP contribution in [0, 0.1) is 0 Å². The quantitative estimate of drug-likeness (QED) is 0.545. The van der Waals surface area contributed by atoms with Crippen molar-refractivity contribution in [3.8, 4) is 0 Å². The highest BCUT2D eigenvalue weighted by atomic mass is 32.2. The summed E-state index contributed by atoms with van der Waals surface area (Å²) in [6, 6.07) is 7.03. The van der Waals surface area contributed by atoms with Gasteiger partial charge in [0.2, 0.25) is 0 Å². The van der Waals surface area contributed by atoms with Crippen molar-refractivity contribution >= 4 is 36.1 Å². The Kier molecular flexibility index (Phi) is 7.04. The standard InChI is InChI=1S/C12H16N2O2S2/c13-9(5-15)7-17-11-1-2-12(4-3-11)18-8-10(14)6-16/h1-6,9-10H,7-8,13-14H2. The molecule has 0 spiro atoms. The maximum absolute atomic E-state index is 10.4. The van der Waals surface area contributed by atoms with Gasteiger partial charge in [0.15, 0.2) is 0 Å². The van der Waals surface area contributed by atoms with E-state index >= 15 is 0 Å². The number of hydrogen-bond donors (Lipinski definition) is 2. The monoisotopic (exact) mass is 284 g/mol. The van der Waals surface area contributed by atoms with Crippen LogP contribution in [0.15, 0.2) is 34.1 Å². The van der Waals surface area contributed by atoms with Gasteiger partial charge in [-0.3, -0.25) is 0 Å². The zero-order chi connectivity index (χ0) is 13.4. The number of benzene rings is 1. The maximum atomic E-state index is 10.4. The van der Waals surface area contributed by atoms with E-state index in [9.17, 15) is 9.59 Å². The number of aldehydes is 2. The van der Waals surface area contributed by atoms with E-state index < -0.39 is 12.1 Å². The first kappa shape index (κ1) is 15.2. The van der Waals surface area contributed by atoms with Crippen LogP contribution in [-0.2, 0) is 9.59 Å². The van der Waals surface area contributed by atoms with E-state index in [1.165, 1.54) is 0 Å². The molecule has 4 N–H and O–H groups in total. The van der Waals surface area contributed by atoms with Crippen molar-refractivity contribution in [3.05, 3.63) is 24.3 Å². The minimum absolute atomic E-state index is 0.422. The van der Waals surface area contributed by atoms with Gasteiger partial charge in [0.25, 0.3) is 0 Å². The fourth-order valence-electron chi connectivity index (χ4n) is 1.10. The second-order valence-electron chi connectivity index (χ2n) is 3.69. The van der Waals surface area contributed by atoms with Crippen LogP contribution < -0.4 is 11.5 Å². The summed E-state index contributed by atoms with van der Waals surface area (Å²) in [5.41, 5.74) is 11.0. The molecule has 0 radical (unpaired) electrons. The second-order valence-corrected chi connectivity index (χ2v) is 5.88. The summed E-state index contributed by atoms with van der Waals surface area (Å²) in [4.78, 5) is 22.9. The van der Waals surface area contributed by atoms with Gasteiger partial charge in [0.1, 0.15) is 12.6 Å². The van der Waals surface area contributed by atoms with Gasteiger partial charge in [0.05, 0.1) is 12.1 Å². The molecule has 0 saturated heterocycles. The van der Waals surface area contributed by atoms with Crippen LogP contribution in [0.3, 0.4) is 0 Å². The number of carbonyl (C=O) groups is 2. The molecule has 6 heteroatoms. The Bertz CT molecular complexity index is 347. The summed E-state index contributed by atoms with van der Waals surface area (Å²) in [5, 5.41) is 0. The Morgan fingerprint density at radius 3 is 1.50 bits per heavy atom. The molecule has 0 saturated carbocycles. The predicted molar refractivity (Wildman–Crippen MR) is 76.0 cm³/mol. The number of carbonyl (C=O) groups excluding carboxylic acids is 2. The van der Waals surface area contributed by atoms with Gasteiger partial charge >= 0.3 is 0 Å². The summed E-state index contributed by atoms with van der Waals surface area (Å²) in [7, 11) is 0. The zero-order valence-corrected chi connectivity index (χ0v) is 11.5. The third-order valence-electron chi connectivity index (χ3n) is 2.06. The van der Waals surface area contributed by atoms with Crippen molar-refractivity contribution in [1.82, 2.24) is 0 Å². The Labute approximate surface area is 115 Å².